The van der Waals surface area contributed by atoms with Gasteiger partial charge in [0, 0.05) is 30.4 Å². The van der Waals surface area contributed by atoms with E-state index in [9.17, 15) is 9.00 Å². The van der Waals surface area contributed by atoms with Crippen molar-refractivity contribution in [2.45, 2.75) is 6.92 Å². The number of nitrogens with zero attached hydrogens (tertiary/aromatic N) is 1. The van der Waals surface area contributed by atoms with E-state index in [2.05, 4.69) is 4.72 Å². The Balaban J connectivity index is 2.21. The minimum Gasteiger partial charge on any atom is -0.462 e. The summed E-state index contributed by atoms with van der Waals surface area (Å²) in [4.78, 5) is 16.2. The van der Waals surface area contributed by atoms with Crippen LogP contribution in [0.4, 0.5) is 11.4 Å². The summed E-state index contributed by atoms with van der Waals surface area (Å²) in [6, 6.07) is 14.5. The third-order valence-corrected chi connectivity index (χ3v) is 6.15. The van der Waals surface area contributed by atoms with E-state index in [0.29, 0.717) is 15.6 Å². The molecule has 9 heteroatoms. The van der Waals surface area contributed by atoms with Crippen LogP contribution in [0.2, 0.25) is 5.02 Å². The molecule has 0 aliphatic heterocycles. The minimum absolute atomic E-state index is 0.273. The summed E-state index contributed by atoms with van der Waals surface area (Å²) in [5.74, 6) is -0.389. The van der Waals surface area contributed by atoms with Crippen molar-refractivity contribution in [3.8, 4) is 21.6 Å². The van der Waals surface area contributed by atoms with Crippen molar-refractivity contribution in [2.75, 3.05) is 30.3 Å². The number of hydrogen-bond acceptors (Lipinski definition) is 5. The van der Waals surface area contributed by atoms with Crippen LogP contribution in [0.5, 0.6) is 0 Å². The van der Waals surface area contributed by atoms with Crippen LogP contribution in [0, 0.1) is 0 Å². The van der Waals surface area contributed by atoms with Gasteiger partial charge in [0.05, 0.1) is 17.2 Å². The number of halogens is 1. The van der Waals surface area contributed by atoms with Crippen LogP contribution in [0.1, 0.15) is 16.6 Å². The number of hydrogen-bond donors (Lipinski definition) is 2. The lowest BCUT2D eigenvalue weighted by molar-refractivity contribution is 0.0533. The molecule has 3 rings (SSSR count). The van der Waals surface area contributed by atoms with Crippen LogP contribution in [0.3, 0.4) is 0 Å². The highest BCUT2D eigenvalue weighted by Gasteiger charge is 2.27. The molecule has 0 saturated carbocycles. The molecule has 1 unspecified atom stereocenters. The Bertz CT molecular complexity index is 1060. The largest absolute Gasteiger partial charge is 0.462 e. The molecule has 0 saturated heterocycles. The monoisotopic (exact) mass is 464 g/mol. The zero-order valence-corrected chi connectivity index (χ0v) is 19.0. The molecule has 30 heavy (non-hydrogen) atoms. The highest BCUT2D eigenvalue weighted by atomic mass is 35.5. The van der Waals surface area contributed by atoms with E-state index in [0.717, 1.165) is 27.3 Å². The molecule has 0 bridgehead atoms. The summed E-state index contributed by atoms with van der Waals surface area (Å²) < 4.78 is 27.8. The molecule has 1 atom stereocenters. The lowest BCUT2D eigenvalue weighted by atomic mass is 10.0. The van der Waals surface area contributed by atoms with Crippen molar-refractivity contribution in [1.82, 2.24) is 0 Å². The van der Waals surface area contributed by atoms with Gasteiger partial charge in [0.1, 0.15) is 4.88 Å². The number of benzene rings is 2. The minimum atomic E-state index is -2.16. The smallest absolute Gasteiger partial charge is 0.349 e. The zero-order valence-electron chi connectivity index (χ0n) is 16.6. The molecule has 2 N–H and O–H groups in total. The van der Waals surface area contributed by atoms with Crippen LogP contribution < -0.4 is 9.62 Å². The van der Waals surface area contributed by atoms with Gasteiger partial charge in [-0.25, -0.2) is 9.00 Å². The van der Waals surface area contributed by atoms with E-state index in [4.69, 9.17) is 20.9 Å². The molecule has 0 aliphatic rings. The molecule has 0 spiro atoms. The fourth-order valence-corrected chi connectivity index (χ4v) is 4.82. The van der Waals surface area contributed by atoms with Gasteiger partial charge in [0.25, 0.3) is 11.3 Å². The zero-order chi connectivity index (χ0) is 21.8. The second-order valence-electron chi connectivity index (χ2n) is 6.53. The Morgan fingerprint density at radius 3 is 2.27 bits per heavy atom. The third-order valence-electron chi connectivity index (χ3n) is 4.28. The first-order valence-electron chi connectivity index (χ1n) is 9.07. The second kappa shape index (κ2) is 9.61. The van der Waals surface area contributed by atoms with Crippen molar-refractivity contribution in [2.24, 2.45) is 0 Å². The van der Waals surface area contributed by atoms with E-state index in [-0.39, 0.29) is 12.6 Å². The molecule has 0 radical (unpaired) electrons. The Morgan fingerprint density at radius 2 is 1.73 bits per heavy atom. The molecule has 1 aromatic heterocycles. The fourth-order valence-electron chi connectivity index (χ4n) is 3.06. The summed E-state index contributed by atoms with van der Waals surface area (Å²) in [7, 11) is 3.84. The van der Waals surface area contributed by atoms with Crippen LogP contribution in [-0.4, -0.2) is 35.4 Å². The van der Waals surface area contributed by atoms with Crippen molar-refractivity contribution < 1.29 is 18.3 Å². The quantitative estimate of drug-likeness (QED) is 0.355. The Kier molecular flexibility index (Phi) is 7.14. The molecule has 0 fully saturated rings. The summed E-state index contributed by atoms with van der Waals surface area (Å²) in [6.45, 7) is 2.04. The predicted octanol–water partition coefficient (Wildman–Crippen LogP) is 5.53. The van der Waals surface area contributed by atoms with E-state index in [1.807, 2.05) is 43.3 Å². The Labute approximate surface area is 186 Å². The number of anilines is 2. The summed E-state index contributed by atoms with van der Waals surface area (Å²) in [5, 5.41) is 0.636. The van der Waals surface area contributed by atoms with Gasteiger partial charge in [0.2, 0.25) is 0 Å². The Hall–Kier alpha value is -2.39. The molecule has 0 aliphatic carbocycles. The maximum absolute atomic E-state index is 12.8. The van der Waals surface area contributed by atoms with E-state index < -0.39 is 11.3 Å². The summed E-state index contributed by atoms with van der Waals surface area (Å²) >= 11 is 5.26. The molecule has 2 aromatic carbocycles. The highest BCUT2D eigenvalue weighted by molar-refractivity contribution is 7.80. The number of nitrogens with one attached hydrogen (secondary N) is 1. The van der Waals surface area contributed by atoms with Gasteiger partial charge in [-0.3, -0.25) is 9.27 Å². The Morgan fingerprint density at radius 1 is 1.13 bits per heavy atom. The first-order chi connectivity index (χ1) is 14.3. The van der Waals surface area contributed by atoms with Gasteiger partial charge in [0.15, 0.2) is 0 Å². The third kappa shape index (κ3) is 4.84. The molecule has 6 nitrogen and oxygen atoms in total. The number of carbonyl (C=O) groups excluding carboxylic acids is 1. The van der Waals surface area contributed by atoms with Crippen molar-refractivity contribution >= 4 is 51.5 Å². The average molecular weight is 465 g/mol. The van der Waals surface area contributed by atoms with Gasteiger partial charge in [-0.15, -0.1) is 11.3 Å². The molecule has 1 heterocycles. The van der Waals surface area contributed by atoms with E-state index in [1.165, 1.54) is 11.3 Å². The van der Waals surface area contributed by atoms with Gasteiger partial charge < -0.3 is 9.64 Å². The lowest BCUT2D eigenvalue weighted by Crippen LogP contribution is -2.11. The lowest BCUT2D eigenvalue weighted by Gasteiger charge is -2.17. The highest BCUT2D eigenvalue weighted by Crippen LogP contribution is 2.48. The standard InChI is InChI=1S/C21H21ClN2O4S2/c1-4-28-21(25)20-17(13-7-11-16(12-8-13)23-30(26)27)18(24(2)3)19(29-20)14-5-9-15(22)10-6-14/h5-12,23H,4H2,1-3H3,(H,26,27). The predicted molar refractivity (Wildman–Crippen MR) is 125 cm³/mol. The normalized spacial score (nSPS) is 11.8. The number of rotatable bonds is 7. The molecular formula is C21H21ClN2O4S2. The van der Waals surface area contributed by atoms with Gasteiger partial charge in [-0.05, 0) is 42.3 Å². The fraction of sp³-hybridized carbons (Fsp3) is 0.190. The summed E-state index contributed by atoms with van der Waals surface area (Å²) in [6.07, 6.45) is 0. The molecule has 158 valence electrons. The first-order valence-corrected chi connectivity index (χ1v) is 11.4. The van der Waals surface area contributed by atoms with E-state index in [1.54, 1.807) is 31.2 Å². The van der Waals surface area contributed by atoms with Gasteiger partial charge in [-0.2, -0.15) is 0 Å². The number of ether oxygens (including phenoxy) is 1. The van der Waals surface area contributed by atoms with Crippen LogP contribution in [-0.2, 0) is 16.0 Å². The van der Waals surface area contributed by atoms with Crippen molar-refractivity contribution in [3.63, 3.8) is 0 Å². The maximum Gasteiger partial charge on any atom is 0.349 e. The summed E-state index contributed by atoms with van der Waals surface area (Å²) in [5.41, 5.74) is 3.88. The van der Waals surface area contributed by atoms with Crippen molar-refractivity contribution in [1.29, 1.82) is 0 Å². The van der Waals surface area contributed by atoms with Crippen LogP contribution >= 0.6 is 22.9 Å². The van der Waals surface area contributed by atoms with Gasteiger partial charge >= 0.3 is 5.97 Å². The number of carbonyl (C=O) groups is 1. The van der Waals surface area contributed by atoms with Crippen LogP contribution in [0.15, 0.2) is 48.5 Å². The number of thiophene rings is 1. The van der Waals surface area contributed by atoms with E-state index >= 15 is 0 Å². The SMILES string of the molecule is CCOC(=O)c1sc(-c2ccc(Cl)cc2)c(N(C)C)c1-c1ccc(NS(=O)O)cc1. The number of esters is 1. The maximum atomic E-state index is 12.8. The molecule has 3 aromatic rings. The van der Waals surface area contributed by atoms with Crippen LogP contribution in [0.25, 0.3) is 21.6 Å². The van der Waals surface area contributed by atoms with Gasteiger partial charge in [-0.1, -0.05) is 35.9 Å². The average Bonchev–Trinajstić information content (AvgIpc) is 3.10. The second-order valence-corrected chi connectivity index (χ2v) is 8.69. The first kappa shape index (κ1) is 22.3. The van der Waals surface area contributed by atoms with Crippen molar-refractivity contribution in [3.05, 3.63) is 58.4 Å². The molecule has 0 amide bonds. The molecular weight excluding hydrogens is 444 g/mol. The topological polar surface area (TPSA) is 78.9 Å².